The van der Waals surface area contributed by atoms with Crippen molar-refractivity contribution in [1.29, 1.82) is 0 Å². The van der Waals surface area contributed by atoms with Crippen molar-refractivity contribution in [1.82, 2.24) is 10.3 Å². The van der Waals surface area contributed by atoms with Crippen molar-refractivity contribution < 1.29 is 14.7 Å². The van der Waals surface area contributed by atoms with Gasteiger partial charge in [-0.05, 0) is 12.3 Å². The zero-order valence-electron chi connectivity index (χ0n) is 10.8. The van der Waals surface area contributed by atoms with E-state index in [9.17, 15) is 9.59 Å². The molecule has 18 heavy (non-hydrogen) atoms. The first-order chi connectivity index (χ1) is 8.51. The Kier molecular flexibility index (Phi) is 5.27. The number of hydrogen-bond acceptors (Lipinski definition) is 4. The van der Waals surface area contributed by atoms with E-state index in [1.165, 1.54) is 11.3 Å². The van der Waals surface area contributed by atoms with Gasteiger partial charge >= 0.3 is 5.97 Å². The number of hydrogen-bond donors (Lipinski definition) is 2. The van der Waals surface area contributed by atoms with Crippen molar-refractivity contribution in [2.24, 2.45) is 5.92 Å². The van der Waals surface area contributed by atoms with Gasteiger partial charge in [-0.25, -0.2) is 9.78 Å². The summed E-state index contributed by atoms with van der Waals surface area (Å²) in [6.45, 7) is 5.62. The van der Waals surface area contributed by atoms with E-state index in [4.69, 9.17) is 5.11 Å². The third kappa shape index (κ3) is 3.29. The molecule has 0 bridgehead atoms. The molecule has 100 valence electrons. The summed E-state index contributed by atoms with van der Waals surface area (Å²) in [6.07, 6.45) is 1.36. The maximum atomic E-state index is 12.0. The van der Waals surface area contributed by atoms with Crippen molar-refractivity contribution in [3.05, 3.63) is 16.1 Å². The van der Waals surface area contributed by atoms with Crippen LogP contribution < -0.4 is 5.32 Å². The zero-order chi connectivity index (χ0) is 13.7. The van der Waals surface area contributed by atoms with Crippen LogP contribution in [-0.4, -0.2) is 28.0 Å². The number of carboxylic acids is 1. The van der Waals surface area contributed by atoms with E-state index in [0.29, 0.717) is 23.4 Å². The van der Waals surface area contributed by atoms with Gasteiger partial charge in [-0.1, -0.05) is 27.2 Å². The minimum absolute atomic E-state index is 0.107. The average molecular weight is 270 g/mol. The summed E-state index contributed by atoms with van der Waals surface area (Å²) in [5.74, 6) is -1.45. The smallest absolute Gasteiger partial charge is 0.326 e. The molecule has 0 aliphatic carbocycles. The van der Waals surface area contributed by atoms with Gasteiger partial charge in [-0.3, -0.25) is 4.79 Å². The number of nitrogens with zero attached hydrogens (tertiary/aromatic N) is 1. The fourth-order valence-corrected chi connectivity index (χ4v) is 2.38. The predicted molar refractivity (Wildman–Crippen MR) is 69.8 cm³/mol. The minimum Gasteiger partial charge on any atom is -0.480 e. The van der Waals surface area contributed by atoms with Gasteiger partial charge < -0.3 is 10.4 Å². The SMILES string of the molecule is CCc1ncsc1C(=O)NC(C(=O)O)C(C)CC. The fourth-order valence-electron chi connectivity index (χ4n) is 1.60. The summed E-state index contributed by atoms with van der Waals surface area (Å²) in [6, 6.07) is -0.852. The van der Waals surface area contributed by atoms with Crippen molar-refractivity contribution >= 4 is 23.2 Å². The molecule has 0 aliphatic rings. The van der Waals surface area contributed by atoms with E-state index < -0.39 is 12.0 Å². The van der Waals surface area contributed by atoms with E-state index in [-0.39, 0.29) is 11.8 Å². The number of nitrogens with one attached hydrogen (secondary N) is 1. The van der Waals surface area contributed by atoms with Crippen molar-refractivity contribution in [2.75, 3.05) is 0 Å². The highest BCUT2D eigenvalue weighted by molar-refractivity contribution is 7.11. The summed E-state index contributed by atoms with van der Waals surface area (Å²) < 4.78 is 0. The van der Waals surface area contributed by atoms with Crippen LogP contribution in [0.3, 0.4) is 0 Å². The second-order valence-electron chi connectivity index (χ2n) is 4.16. The molecule has 2 unspecified atom stereocenters. The molecule has 1 heterocycles. The van der Waals surface area contributed by atoms with Crippen LogP contribution in [0.5, 0.6) is 0 Å². The number of carbonyl (C=O) groups excluding carboxylic acids is 1. The van der Waals surface area contributed by atoms with Gasteiger partial charge in [0.15, 0.2) is 0 Å². The van der Waals surface area contributed by atoms with E-state index in [2.05, 4.69) is 10.3 Å². The Balaban J connectivity index is 2.82. The molecule has 0 saturated carbocycles. The lowest BCUT2D eigenvalue weighted by Gasteiger charge is -2.19. The van der Waals surface area contributed by atoms with Crippen LogP contribution in [0.25, 0.3) is 0 Å². The highest BCUT2D eigenvalue weighted by atomic mass is 32.1. The van der Waals surface area contributed by atoms with Crippen molar-refractivity contribution in [3.63, 3.8) is 0 Å². The second-order valence-corrected chi connectivity index (χ2v) is 5.01. The third-order valence-electron chi connectivity index (χ3n) is 2.95. The van der Waals surface area contributed by atoms with E-state index in [1.54, 1.807) is 5.51 Å². The summed E-state index contributed by atoms with van der Waals surface area (Å²) in [5, 5.41) is 11.7. The average Bonchev–Trinajstić information content (AvgIpc) is 2.82. The first kappa shape index (κ1) is 14.6. The minimum atomic E-state index is -1.000. The zero-order valence-corrected chi connectivity index (χ0v) is 11.6. The molecule has 0 aromatic carbocycles. The quantitative estimate of drug-likeness (QED) is 0.828. The van der Waals surface area contributed by atoms with Crippen LogP contribution in [0.15, 0.2) is 5.51 Å². The second kappa shape index (κ2) is 6.49. The van der Waals surface area contributed by atoms with Crippen molar-refractivity contribution in [2.45, 2.75) is 39.7 Å². The number of aliphatic carboxylic acids is 1. The molecule has 2 N–H and O–H groups in total. The monoisotopic (exact) mass is 270 g/mol. The normalized spacial score (nSPS) is 13.9. The van der Waals surface area contributed by atoms with E-state index in [1.807, 2.05) is 20.8 Å². The molecule has 0 spiro atoms. The number of carbonyl (C=O) groups is 2. The summed E-state index contributed by atoms with van der Waals surface area (Å²) in [5.41, 5.74) is 2.32. The van der Waals surface area contributed by atoms with Crippen LogP contribution in [0, 0.1) is 5.92 Å². The molecule has 0 radical (unpaired) electrons. The molecule has 5 nitrogen and oxygen atoms in total. The third-order valence-corrected chi connectivity index (χ3v) is 3.82. The van der Waals surface area contributed by atoms with Gasteiger partial charge in [0, 0.05) is 0 Å². The molecule has 1 rings (SSSR count). The maximum Gasteiger partial charge on any atom is 0.326 e. The first-order valence-corrected chi connectivity index (χ1v) is 6.85. The van der Waals surface area contributed by atoms with Gasteiger partial charge in [0.2, 0.25) is 0 Å². The Hall–Kier alpha value is -1.43. The molecule has 1 aromatic rings. The lowest BCUT2D eigenvalue weighted by molar-refractivity contribution is -0.140. The van der Waals surface area contributed by atoms with Crippen LogP contribution >= 0.6 is 11.3 Å². The molecule has 1 amide bonds. The lowest BCUT2D eigenvalue weighted by atomic mass is 9.99. The van der Waals surface area contributed by atoms with Crippen LogP contribution in [-0.2, 0) is 11.2 Å². The molecule has 1 aromatic heterocycles. The van der Waals surface area contributed by atoms with Gasteiger partial charge in [0.05, 0.1) is 11.2 Å². The number of carboxylic acid groups (broad SMARTS) is 1. The van der Waals surface area contributed by atoms with Crippen molar-refractivity contribution in [3.8, 4) is 0 Å². The largest absolute Gasteiger partial charge is 0.480 e. The van der Waals surface area contributed by atoms with Crippen LogP contribution in [0.4, 0.5) is 0 Å². The maximum absolute atomic E-state index is 12.0. The fraction of sp³-hybridized carbons (Fsp3) is 0.583. The summed E-state index contributed by atoms with van der Waals surface area (Å²) in [7, 11) is 0. The highest BCUT2D eigenvalue weighted by Gasteiger charge is 2.27. The van der Waals surface area contributed by atoms with Crippen LogP contribution in [0.2, 0.25) is 0 Å². The Morgan fingerprint density at radius 3 is 2.67 bits per heavy atom. The number of amides is 1. The van der Waals surface area contributed by atoms with E-state index >= 15 is 0 Å². The van der Waals surface area contributed by atoms with Gasteiger partial charge in [0.1, 0.15) is 10.9 Å². The Morgan fingerprint density at radius 1 is 1.50 bits per heavy atom. The molecular formula is C12H18N2O3S. The molecule has 0 saturated heterocycles. The molecule has 6 heteroatoms. The number of thiazole rings is 1. The molecule has 2 atom stereocenters. The van der Waals surface area contributed by atoms with Gasteiger partial charge in [-0.15, -0.1) is 11.3 Å². The van der Waals surface area contributed by atoms with Gasteiger partial charge in [-0.2, -0.15) is 0 Å². The number of aryl methyl sites for hydroxylation is 1. The topological polar surface area (TPSA) is 79.3 Å². The first-order valence-electron chi connectivity index (χ1n) is 5.97. The standard InChI is InChI=1S/C12H18N2O3S/c1-4-7(3)9(12(16)17)14-11(15)10-8(5-2)13-6-18-10/h6-7,9H,4-5H2,1-3H3,(H,14,15)(H,16,17). The van der Waals surface area contributed by atoms with Gasteiger partial charge in [0.25, 0.3) is 5.91 Å². The summed E-state index contributed by atoms with van der Waals surface area (Å²) >= 11 is 1.24. The Morgan fingerprint density at radius 2 is 2.17 bits per heavy atom. The van der Waals surface area contributed by atoms with E-state index in [0.717, 1.165) is 0 Å². The Bertz CT molecular complexity index is 431. The Labute approximate surface area is 110 Å². The molecular weight excluding hydrogens is 252 g/mol. The summed E-state index contributed by atoms with van der Waals surface area (Å²) in [4.78, 5) is 27.7. The van der Waals surface area contributed by atoms with Crippen LogP contribution in [0.1, 0.15) is 42.6 Å². The molecule has 0 fully saturated rings. The molecule has 0 aliphatic heterocycles. The highest BCUT2D eigenvalue weighted by Crippen LogP contribution is 2.15. The number of rotatable bonds is 6. The lowest BCUT2D eigenvalue weighted by Crippen LogP contribution is -2.45. The predicted octanol–water partition coefficient (Wildman–Crippen LogP) is 1.93. The number of aromatic nitrogens is 1.